The molecule has 1 N–H and O–H groups in total. The number of rotatable bonds is 6. The Balaban J connectivity index is 1.54. The second-order valence-electron chi connectivity index (χ2n) is 6.60. The van der Waals surface area contributed by atoms with Gasteiger partial charge in [-0.25, -0.2) is 4.98 Å². The third-order valence-corrected chi connectivity index (χ3v) is 4.84. The van der Waals surface area contributed by atoms with E-state index in [4.69, 9.17) is 4.74 Å². The summed E-state index contributed by atoms with van der Waals surface area (Å²) < 4.78 is 5.11. The fraction of sp³-hybridized carbons (Fsp3) is 0.706. The molecule has 0 aliphatic carbocycles. The Labute approximate surface area is 133 Å². The van der Waals surface area contributed by atoms with Gasteiger partial charge in [-0.15, -0.1) is 0 Å². The lowest BCUT2D eigenvalue weighted by Gasteiger charge is -2.24. The molecule has 0 spiro atoms. The van der Waals surface area contributed by atoms with Gasteiger partial charge in [-0.3, -0.25) is 4.90 Å². The number of fused-ring (bicyclic) bond motifs is 2. The van der Waals surface area contributed by atoms with Gasteiger partial charge in [0.2, 0.25) is 0 Å². The van der Waals surface area contributed by atoms with Crippen LogP contribution in [-0.2, 0) is 11.3 Å². The summed E-state index contributed by atoms with van der Waals surface area (Å²) in [7, 11) is 3.78. The van der Waals surface area contributed by atoms with Crippen molar-refractivity contribution in [3.63, 3.8) is 0 Å². The smallest absolute Gasteiger partial charge is 0.128 e. The van der Waals surface area contributed by atoms with Gasteiger partial charge in [0, 0.05) is 58.6 Å². The molecule has 2 atom stereocenters. The summed E-state index contributed by atoms with van der Waals surface area (Å²) in [5.41, 5.74) is 1.31. The van der Waals surface area contributed by atoms with E-state index in [0.717, 1.165) is 31.6 Å². The number of anilines is 1. The Morgan fingerprint density at radius 1 is 1.32 bits per heavy atom. The van der Waals surface area contributed by atoms with Gasteiger partial charge in [0.05, 0.1) is 6.61 Å². The van der Waals surface area contributed by atoms with Crippen LogP contribution >= 0.6 is 0 Å². The van der Waals surface area contributed by atoms with E-state index < -0.39 is 0 Å². The molecular weight excluding hydrogens is 276 g/mol. The average molecular weight is 304 g/mol. The van der Waals surface area contributed by atoms with Crippen LogP contribution in [-0.4, -0.2) is 62.4 Å². The molecule has 22 heavy (non-hydrogen) atoms. The summed E-state index contributed by atoms with van der Waals surface area (Å²) in [6.07, 6.45) is 6.00. The highest BCUT2D eigenvalue weighted by Crippen LogP contribution is 2.21. The zero-order chi connectivity index (χ0) is 15.4. The maximum atomic E-state index is 5.11. The number of hydrogen-bond acceptors (Lipinski definition) is 5. The number of ether oxygens (including phenoxy) is 1. The molecule has 2 aliphatic heterocycles. The number of likely N-dealkylation sites (tertiary alicyclic amines) is 1. The number of pyridine rings is 1. The van der Waals surface area contributed by atoms with Gasteiger partial charge in [-0.1, -0.05) is 6.07 Å². The highest BCUT2D eigenvalue weighted by Gasteiger charge is 2.29. The second-order valence-corrected chi connectivity index (χ2v) is 6.60. The van der Waals surface area contributed by atoms with Gasteiger partial charge in [0.1, 0.15) is 5.82 Å². The zero-order valence-electron chi connectivity index (χ0n) is 13.8. The van der Waals surface area contributed by atoms with Crippen LogP contribution in [0.1, 0.15) is 24.8 Å². The first-order valence-corrected chi connectivity index (χ1v) is 8.38. The van der Waals surface area contributed by atoms with E-state index in [1.54, 1.807) is 7.11 Å². The van der Waals surface area contributed by atoms with Gasteiger partial charge in [-0.05, 0) is 30.9 Å². The van der Waals surface area contributed by atoms with Crippen LogP contribution in [0.2, 0.25) is 0 Å². The molecule has 3 rings (SSSR count). The van der Waals surface area contributed by atoms with Gasteiger partial charge >= 0.3 is 0 Å². The van der Waals surface area contributed by atoms with Crippen molar-refractivity contribution in [3.8, 4) is 0 Å². The van der Waals surface area contributed by atoms with Crippen molar-refractivity contribution in [1.29, 1.82) is 0 Å². The highest BCUT2D eigenvalue weighted by molar-refractivity contribution is 5.38. The summed E-state index contributed by atoms with van der Waals surface area (Å²) in [4.78, 5) is 9.30. The Bertz CT molecular complexity index is 464. The van der Waals surface area contributed by atoms with E-state index in [1.165, 1.54) is 37.9 Å². The Kier molecular flexibility index (Phi) is 5.28. The lowest BCUT2D eigenvalue weighted by Crippen LogP contribution is -2.35. The van der Waals surface area contributed by atoms with Crippen LogP contribution in [0.25, 0.3) is 0 Å². The molecule has 0 radical (unpaired) electrons. The highest BCUT2D eigenvalue weighted by atomic mass is 16.5. The minimum atomic E-state index is 0.694. The molecule has 1 aromatic rings. The predicted octanol–water partition coefficient (Wildman–Crippen LogP) is 1.49. The number of likely N-dealkylation sites (N-methyl/N-ethyl adjacent to an activating group) is 1. The molecule has 2 bridgehead atoms. The number of hydrogen-bond donors (Lipinski definition) is 1. The van der Waals surface area contributed by atoms with Crippen LogP contribution < -0.4 is 10.2 Å². The van der Waals surface area contributed by atoms with Gasteiger partial charge in [0.25, 0.3) is 0 Å². The molecule has 122 valence electrons. The Morgan fingerprint density at radius 3 is 2.95 bits per heavy atom. The molecule has 3 heterocycles. The van der Waals surface area contributed by atoms with Gasteiger partial charge < -0.3 is 15.0 Å². The van der Waals surface area contributed by atoms with Crippen molar-refractivity contribution in [2.75, 3.05) is 45.3 Å². The molecule has 1 aromatic heterocycles. The molecule has 0 aromatic carbocycles. The second kappa shape index (κ2) is 7.40. The lowest BCUT2D eigenvalue weighted by atomic mass is 10.1. The molecule has 2 aliphatic rings. The number of methoxy groups -OCH3 is 1. The summed E-state index contributed by atoms with van der Waals surface area (Å²) in [5.74, 6) is 1.01. The molecule has 2 unspecified atom stereocenters. The standard InChI is InChI=1S/C17H28N4O/c1-20(9-10-22-2)17-6-3-14(11-18-17)12-21-8-7-15-4-5-16(13-21)19-15/h3,6,11,15-16,19H,4-5,7-10,12-13H2,1-2H3. The third-order valence-electron chi connectivity index (χ3n) is 4.84. The van der Waals surface area contributed by atoms with E-state index in [1.807, 2.05) is 6.20 Å². The van der Waals surface area contributed by atoms with Crippen LogP contribution in [0.4, 0.5) is 5.82 Å². The van der Waals surface area contributed by atoms with Gasteiger partial charge in [0.15, 0.2) is 0 Å². The van der Waals surface area contributed by atoms with Crippen molar-refractivity contribution in [1.82, 2.24) is 15.2 Å². The predicted molar refractivity (Wildman–Crippen MR) is 89.2 cm³/mol. The first kappa shape index (κ1) is 15.7. The molecule has 0 amide bonds. The van der Waals surface area contributed by atoms with Crippen molar-refractivity contribution < 1.29 is 4.74 Å². The minimum Gasteiger partial charge on any atom is -0.383 e. The van der Waals surface area contributed by atoms with Crippen molar-refractivity contribution in [2.24, 2.45) is 0 Å². The maximum Gasteiger partial charge on any atom is 0.128 e. The Morgan fingerprint density at radius 2 is 2.18 bits per heavy atom. The molecule has 2 saturated heterocycles. The zero-order valence-corrected chi connectivity index (χ0v) is 13.8. The van der Waals surface area contributed by atoms with E-state index >= 15 is 0 Å². The lowest BCUT2D eigenvalue weighted by molar-refractivity contribution is 0.206. The number of nitrogens with zero attached hydrogens (tertiary/aromatic N) is 3. The summed E-state index contributed by atoms with van der Waals surface area (Å²) in [5, 5.41) is 3.74. The largest absolute Gasteiger partial charge is 0.383 e. The normalized spacial score (nSPS) is 25.2. The number of aromatic nitrogens is 1. The van der Waals surface area contributed by atoms with Crippen LogP contribution in [0.5, 0.6) is 0 Å². The maximum absolute atomic E-state index is 5.11. The van der Waals surface area contributed by atoms with Crippen LogP contribution in [0.15, 0.2) is 18.3 Å². The van der Waals surface area contributed by atoms with Gasteiger partial charge in [-0.2, -0.15) is 0 Å². The monoisotopic (exact) mass is 304 g/mol. The topological polar surface area (TPSA) is 40.6 Å². The van der Waals surface area contributed by atoms with E-state index in [0.29, 0.717) is 6.04 Å². The van der Waals surface area contributed by atoms with E-state index in [-0.39, 0.29) is 0 Å². The fourth-order valence-electron chi connectivity index (χ4n) is 3.50. The first-order chi connectivity index (χ1) is 10.7. The fourth-order valence-corrected chi connectivity index (χ4v) is 3.50. The summed E-state index contributed by atoms with van der Waals surface area (Å²) in [6.45, 7) is 4.97. The Hall–Kier alpha value is -1.17. The van der Waals surface area contributed by atoms with Crippen molar-refractivity contribution in [2.45, 2.75) is 37.9 Å². The third kappa shape index (κ3) is 3.97. The summed E-state index contributed by atoms with van der Waals surface area (Å²) >= 11 is 0. The number of nitrogens with one attached hydrogen (secondary N) is 1. The average Bonchev–Trinajstić information content (AvgIpc) is 2.88. The molecule has 0 saturated carbocycles. The van der Waals surface area contributed by atoms with E-state index in [2.05, 4.69) is 39.3 Å². The molecule has 2 fully saturated rings. The minimum absolute atomic E-state index is 0.694. The van der Waals surface area contributed by atoms with E-state index in [9.17, 15) is 0 Å². The van der Waals surface area contributed by atoms with Crippen molar-refractivity contribution in [3.05, 3.63) is 23.9 Å². The molecular formula is C17H28N4O. The quantitative estimate of drug-likeness (QED) is 0.862. The summed E-state index contributed by atoms with van der Waals surface area (Å²) in [6, 6.07) is 5.78. The van der Waals surface area contributed by atoms with Crippen molar-refractivity contribution >= 4 is 5.82 Å². The SMILES string of the molecule is COCCN(C)c1ccc(CN2CCC3CCC(C2)N3)cn1. The van der Waals surface area contributed by atoms with Crippen LogP contribution in [0, 0.1) is 0 Å². The molecule has 5 nitrogen and oxygen atoms in total. The first-order valence-electron chi connectivity index (χ1n) is 8.38. The van der Waals surface area contributed by atoms with Crippen LogP contribution in [0.3, 0.4) is 0 Å². The molecule has 5 heteroatoms.